The molecule has 1 unspecified atom stereocenters. The summed E-state index contributed by atoms with van der Waals surface area (Å²) in [7, 11) is 0. The number of rotatable bonds is 5. The summed E-state index contributed by atoms with van der Waals surface area (Å²) in [4.78, 5) is 17.4. The van der Waals surface area contributed by atoms with Crippen molar-refractivity contribution >= 4 is 34.0 Å². The minimum atomic E-state index is -0.392. The SMILES string of the molecule is O=[N+]([O-])c1ccccc1N=c1scc(-c2cccs2)n1CC1CCCO1. The summed E-state index contributed by atoms with van der Waals surface area (Å²) >= 11 is 3.17. The Labute approximate surface area is 158 Å². The molecule has 1 fully saturated rings. The van der Waals surface area contributed by atoms with Gasteiger partial charge in [-0.05, 0) is 30.4 Å². The predicted molar refractivity (Wildman–Crippen MR) is 103 cm³/mol. The van der Waals surface area contributed by atoms with E-state index in [1.807, 2.05) is 11.4 Å². The molecule has 1 saturated heterocycles. The Hall–Kier alpha value is -2.29. The molecule has 1 aliphatic rings. The molecular weight excluding hydrogens is 370 g/mol. The van der Waals surface area contributed by atoms with Gasteiger partial charge >= 0.3 is 0 Å². The molecule has 26 heavy (non-hydrogen) atoms. The summed E-state index contributed by atoms with van der Waals surface area (Å²) in [6.45, 7) is 1.50. The van der Waals surface area contributed by atoms with Crippen molar-refractivity contribution in [1.82, 2.24) is 4.57 Å². The highest BCUT2D eigenvalue weighted by atomic mass is 32.1. The normalized spacial score (nSPS) is 17.7. The Morgan fingerprint density at radius 3 is 2.88 bits per heavy atom. The van der Waals surface area contributed by atoms with Gasteiger partial charge in [-0.1, -0.05) is 18.2 Å². The van der Waals surface area contributed by atoms with Crippen molar-refractivity contribution < 1.29 is 9.66 Å². The first-order chi connectivity index (χ1) is 12.7. The van der Waals surface area contributed by atoms with Crippen LogP contribution in [0.1, 0.15) is 12.8 Å². The van der Waals surface area contributed by atoms with Crippen molar-refractivity contribution in [2.75, 3.05) is 6.61 Å². The number of nitrogens with zero attached hydrogens (tertiary/aromatic N) is 3. The Kier molecular flexibility index (Phi) is 4.96. The molecule has 8 heteroatoms. The molecule has 3 aromatic rings. The lowest BCUT2D eigenvalue weighted by Gasteiger charge is -2.13. The number of aromatic nitrogens is 1. The summed E-state index contributed by atoms with van der Waals surface area (Å²) in [6.07, 6.45) is 2.26. The highest BCUT2D eigenvalue weighted by Crippen LogP contribution is 2.29. The van der Waals surface area contributed by atoms with Crippen molar-refractivity contribution in [1.29, 1.82) is 0 Å². The molecule has 0 bridgehead atoms. The minimum absolute atomic E-state index is 0.0160. The second kappa shape index (κ2) is 7.53. The lowest BCUT2D eigenvalue weighted by Crippen LogP contribution is -2.23. The van der Waals surface area contributed by atoms with Crippen LogP contribution in [0.2, 0.25) is 0 Å². The van der Waals surface area contributed by atoms with Gasteiger partial charge in [0.15, 0.2) is 4.80 Å². The van der Waals surface area contributed by atoms with Crippen molar-refractivity contribution in [3.05, 3.63) is 62.1 Å². The van der Waals surface area contributed by atoms with Gasteiger partial charge in [-0.2, -0.15) is 0 Å². The van der Waals surface area contributed by atoms with E-state index in [2.05, 4.69) is 21.0 Å². The predicted octanol–water partition coefficient (Wildman–Crippen LogP) is 4.60. The van der Waals surface area contributed by atoms with Crippen LogP contribution in [0.3, 0.4) is 0 Å². The highest BCUT2D eigenvalue weighted by molar-refractivity contribution is 7.14. The Bertz CT molecular complexity index is 970. The smallest absolute Gasteiger partial charge is 0.294 e. The Morgan fingerprint density at radius 1 is 1.27 bits per heavy atom. The van der Waals surface area contributed by atoms with Crippen LogP contribution >= 0.6 is 22.7 Å². The van der Waals surface area contributed by atoms with E-state index in [0.717, 1.165) is 34.8 Å². The van der Waals surface area contributed by atoms with Gasteiger partial charge in [0.2, 0.25) is 0 Å². The number of nitro groups is 1. The average Bonchev–Trinajstić information content (AvgIpc) is 3.38. The van der Waals surface area contributed by atoms with Crippen LogP contribution in [0.25, 0.3) is 10.6 Å². The van der Waals surface area contributed by atoms with E-state index in [0.29, 0.717) is 12.2 Å². The van der Waals surface area contributed by atoms with Gasteiger partial charge in [0.05, 0.1) is 28.1 Å². The molecule has 6 nitrogen and oxygen atoms in total. The molecule has 4 rings (SSSR count). The molecule has 0 spiro atoms. The molecule has 1 atom stereocenters. The maximum absolute atomic E-state index is 11.3. The number of nitro benzene ring substituents is 1. The molecule has 2 aromatic heterocycles. The summed E-state index contributed by atoms with van der Waals surface area (Å²) in [6, 6.07) is 10.7. The standard InChI is InChI=1S/C18H17N3O3S2/c22-21(23)15-7-2-1-6-14(15)19-18-20(11-13-5-3-9-24-13)16(12-26-18)17-8-4-10-25-17/h1-2,4,6-8,10,12-13H,3,5,9,11H2. The van der Waals surface area contributed by atoms with E-state index in [4.69, 9.17) is 4.74 Å². The third-order valence-corrected chi connectivity index (χ3v) is 6.03. The molecular formula is C18H17N3O3S2. The summed E-state index contributed by atoms with van der Waals surface area (Å²) in [5.74, 6) is 0. The van der Waals surface area contributed by atoms with Crippen LogP contribution in [0, 0.1) is 10.1 Å². The van der Waals surface area contributed by atoms with Crippen molar-refractivity contribution in [2.45, 2.75) is 25.5 Å². The topological polar surface area (TPSA) is 69.7 Å². The van der Waals surface area contributed by atoms with E-state index in [1.165, 1.54) is 17.4 Å². The van der Waals surface area contributed by atoms with E-state index >= 15 is 0 Å². The quantitative estimate of drug-likeness (QED) is 0.475. The Morgan fingerprint density at radius 2 is 2.15 bits per heavy atom. The highest BCUT2D eigenvalue weighted by Gasteiger charge is 2.20. The number of para-hydroxylation sites is 2. The first-order valence-corrected chi connectivity index (χ1v) is 10.1. The summed E-state index contributed by atoms with van der Waals surface area (Å²) in [5, 5.41) is 15.4. The van der Waals surface area contributed by atoms with Crippen molar-refractivity contribution in [3.8, 4) is 10.6 Å². The zero-order valence-corrected chi connectivity index (χ0v) is 15.5. The van der Waals surface area contributed by atoms with Crippen molar-refractivity contribution in [3.63, 3.8) is 0 Å². The zero-order valence-electron chi connectivity index (χ0n) is 13.9. The molecule has 1 aromatic carbocycles. The number of hydrogen-bond acceptors (Lipinski definition) is 6. The monoisotopic (exact) mass is 387 g/mol. The fourth-order valence-electron chi connectivity index (χ4n) is 3.03. The first-order valence-electron chi connectivity index (χ1n) is 8.34. The van der Waals surface area contributed by atoms with Gasteiger partial charge in [-0.3, -0.25) is 10.1 Å². The van der Waals surface area contributed by atoms with E-state index < -0.39 is 4.92 Å². The lowest BCUT2D eigenvalue weighted by molar-refractivity contribution is -0.384. The second-order valence-corrected chi connectivity index (χ2v) is 7.77. The third kappa shape index (κ3) is 3.48. The largest absolute Gasteiger partial charge is 0.376 e. The first kappa shape index (κ1) is 17.1. The van der Waals surface area contributed by atoms with Crippen LogP contribution in [0.4, 0.5) is 11.4 Å². The third-order valence-electron chi connectivity index (χ3n) is 4.28. The van der Waals surface area contributed by atoms with Crippen LogP contribution in [-0.2, 0) is 11.3 Å². The second-order valence-electron chi connectivity index (χ2n) is 5.98. The molecule has 0 amide bonds. The van der Waals surface area contributed by atoms with Gasteiger partial charge in [0.1, 0.15) is 5.69 Å². The fraction of sp³-hybridized carbons (Fsp3) is 0.278. The molecule has 0 radical (unpaired) electrons. The number of benzene rings is 1. The molecule has 0 aliphatic carbocycles. The fourth-order valence-corrected chi connectivity index (χ4v) is 4.77. The average molecular weight is 387 g/mol. The number of thiophene rings is 1. The molecule has 0 saturated carbocycles. The van der Waals surface area contributed by atoms with Gasteiger partial charge in [0.25, 0.3) is 5.69 Å². The lowest BCUT2D eigenvalue weighted by atomic mass is 10.2. The van der Waals surface area contributed by atoms with Crippen molar-refractivity contribution in [2.24, 2.45) is 4.99 Å². The van der Waals surface area contributed by atoms with Gasteiger partial charge in [-0.25, -0.2) is 4.99 Å². The van der Waals surface area contributed by atoms with Crippen LogP contribution in [-0.4, -0.2) is 22.2 Å². The summed E-state index contributed by atoms with van der Waals surface area (Å²) in [5.41, 5.74) is 1.47. The van der Waals surface area contributed by atoms with Gasteiger partial charge in [-0.15, -0.1) is 22.7 Å². The van der Waals surface area contributed by atoms with E-state index in [9.17, 15) is 10.1 Å². The minimum Gasteiger partial charge on any atom is -0.376 e. The Balaban J connectivity index is 1.82. The van der Waals surface area contributed by atoms with Gasteiger partial charge < -0.3 is 9.30 Å². The number of thiazole rings is 1. The molecule has 1 aliphatic heterocycles. The van der Waals surface area contributed by atoms with Crippen LogP contribution in [0.15, 0.2) is 52.2 Å². The van der Waals surface area contributed by atoms with Gasteiger partial charge in [0, 0.05) is 18.1 Å². The molecule has 134 valence electrons. The van der Waals surface area contributed by atoms with Crippen LogP contribution in [0.5, 0.6) is 0 Å². The van der Waals surface area contributed by atoms with E-state index in [1.54, 1.807) is 29.5 Å². The van der Waals surface area contributed by atoms with E-state index in [-0.39, 0.29) is 11.8 Å². The zero-order chi connectivity index (χ0) is 17.9. The maximum atomic E-state index is 11.3. The number of hydrogen-bond donors (Lipinski definition) is 0. The number of ether oxygens (including phenoxy) is 1. The maximum Gasteiger partial charge on any atom is 0.294 e. The molecule has 0 N–H and O–H groups in total. The summed E-state index contributed by atoms with van der Waals surface area (Å²) < 4.78 is 7.93. The van der Waals surface area contributed by atoms with Crippen LogP contribution < -0.4 is 4.80 Å². The molecule has 3 heterocycles.